The summed E-state index contributed by atoms with van der Waals surface area (Å²) in [5.41, 5.74) is 0. The van der Waals surface area contributed by atoms with E-state index in [1.54, 1.807) is 6.92 Å². The number of hydrogen-bond acceptors (Lipinski definition) is 5. The van der Waals surface area contributed by atoms with E-state index in [4.69, 9.17) is 15.3 Å². The number of thiol groups is 1. The van der Waals surface area contributed by atoms with Crippen LogP contribution in [0.25, 0.3) is 0 Å². The fraction of sp³-hybridized carbons (Fsp3) is 0.833. The fourth-order valence-electron chi connectivity index (χ4n) is 0.568. The predicted octanol–water partition coefficient (Wildman–Crippen LogP) is -1.41. The lowest BCUT2D eigenvalue weighted by Gasteiger charge is -2.21. The number of carbonyl (C=O) groups is 1. The van der Waals surface area contributed by atoms with Crippen LogP contribution >= 0.6 is 12.6 Å². The van der Waals surface area contributed by atoms with Gasteiger partial charge in [-0.2, -0.15) is 12.6 Å². The van der Waals surface area contributed by atoms with Gasteiger partial charge in [0.25, 0.3) is 0 Å². The van der Waals surface area contributed by atoms with Crippen molar-refractivity contribution in [3.05, 3.63) is 0 Å². The van der Waals surface area contributed by atoms with Crippen molar-refractivity contribution >= 4 is 18.9 Å². The van der Waals surface area contributed by atoms with Crippen LogP contribution in [0.4, 0.5) is 0 Å². The molecule has 0 fully saturated rings. The summed E-state index contributed by atoms with van der Waals surface area (Å²) in [6.45, 7) is 1.55. The van der Waals surface area contributed by atoms with Gasteiger partial charge < -0.3 is 20.1 Å². The lowest BCUT2D eigenvalue weighted by Crippen LogP contribution is -2.42. The molecule has 66 valence electrons. The molecule has 5 heteroatoms. The lowest BCUT2D eigenvalue weighted by molar-refractivity contribution is -0.125. The molecule has 0 aromatic rings. The van der Waals surface area contributed by atoms with E-state index in [1.807, 2.05) is 0 Å². The Balaban J connectivity index is 4.00. The second kappa shape index (κ2) is 4.71. The van der Waals surface area contributed by atoms with Crippen LogP contribution in [0.3, 0.4) is 0 Å². The van der Waals surface area contributed by atoms with E-state index in [9.17, 15) is 4.79 Å². The first kappa shape index (κ1) is 10.9. The predicted molar refractivity (Wildman–Crippen MR) is 42.5 cm³/mol. The minimum absolute atomic E-state index is 0.171. The summed E-state index contributed by atoms with van der Waals surface area (Å²) in [6.07, 6.45) is -4.03. The van der Waals surface area contributed by atoms with Crippen LogP contribution in [0, 0.1) is 0 Å². The van der Waals surface area contributed by atoms with Crippen LogP contribution in [0.1, 0.15) is 6.92 Å². The molecule has 0 aromatic carbocycles. The molecule has 0 rings (SSSR count). The lowest BCUT2D eigenvalue weighted by atomic mass is 10.1. The van der Waals surface area contributed by atoms with Crippen molar-refractivity contribution in [3.8, 4) is 0 Å². The Morgan fingerprint density at radius 1 is 1.27 bits per heavy atom. The van der Waals surface area contributed by atoms with Gasteiger partial charge in [-0.3, -0.25) is 0 Å². The molecule has 4 atom stereocenters. The highest BCUT2D eigenvalue weighted by Crippen LogP contribution is 2.07. The second-order valence-electron chi connectivity index (χ2n) is 2.35. The first-order chi connectivity index (χ1) is 5.00. The Morgan fingerprint density at radius 2 is 1.73 bits per heavy atom. The van der Waals surface area contributed by atoms with Gasteiger partial charge in [-0.25, -0.2) is 0 Å². The third-order valence-corrected chi connectivity index (χ3v) is 1.64. The standard InChI is InChI=1S/C6H12O4S/c1-3(11)5(9)6(10)4(8)2-7/h2-6,8-11H,1H3/t3-,4+,5+,6-/m0/s1. The number of aldehydes is 1. The summed E-state index contributed by atoms with van der Waals surface area (Å²) >= 11 is 3.83. The molecule has 0 saturated heterocycles. The van der Waals surface area contributed by atoms with Gasteiger partial charge in [-0.05, 0) is 0 Å². The second-order valence-corrected chi connectivity index (χ2v) is 3.16. The minimum Gasteiger partial charge on any atom is -0.389 e. The molecule has 0 aliphatic heterocycles. The topological polar surface area (TPSA) is 77.8 Å². The zero-order valence-electron chi connectivity index (χ0n) is 6.08. The Bertz CT molecular complexity index is 128. The number of aliphatic hydroxyl groups excluding tert-OH is 3. The highest BCUT2D eigenvalue weighted by molar-refractivity contribution is 7.81. The van der Waals surface area contributed by atoms with Crippen molar-refractivity contribution in [3.63, 3.8) is 0 Å². The molecule has 0 saturated carbocycles. The van der Waals surface area contributed by atoms with Crippen LogP contribution < -0.4 is 0 Å². The first-order valence-corrected chi connectivity index (χ1v) is 3.70. The fourth-order valence-corrected chi connectivity index (χ4v) is 0.744. The van der Waals surface area contributed by atoms with Gasteiger partial charge in [0.1, 0.15) is 12.2 Å². The molecule has 0 aliphatic rings. The van der Waals surface area contributed by atoms with Crippen LogP contribution in [-0.2, 0) is 4.79 Å². The average molecular weight is 180 g/mol. The molecule has 0 radical (unpaired) electrons. The normalized spacial score (nSPS) is 21.9. The van der Waals surface area contributed by atoms with Gasteiger partial charge >= 0.3 is 0 Å². The molecule has 11 heavy (non-hydrogen) atoms. The number of hydrogen-bond donors (Lipinski definition) is 4. The van der Waals surface area contributed by atoms with E-state index < -0.39 is 23.6 Å². The highest BCUT2D eigenvalue weighted by atomic mass is 32.1. The Hall–Kier alpha value is -0.100. The Labute approximate surface area is 70.3 Å². The quantitative estimate of drug-likeness (QED) is 0.316. The van der Waals surface area contributed by atoms with E-state index in [0.717, 1.165) is 0 Å². The third-order valence-electron chi connectivity index (χ3n) is 1.33. The summed E-state index contributed by atoms with van der Waals surface area (Å²) in [7, 11) is 0. The molecule has 0 bridgehead atoms. The summed E-state index contributed by atoms with van der Waals surface area (Å²) in [5, 5.41) is 26.3. The molecular weight excluding hydrogens is 168 g/mol. The average Bonchev–Trinajstić information content (AvgIpc) is 2.00. The third kappa shape index (κ3) is 3.20. The molecule has 0 unspecified atom stereocenters. The van der Waals surface area contributed by atoms with E-state index in [0.29, 0.717) is 0 Å². The summed E-state index contributed by atoms with van der Waals surface area (Å²) in [4.78, 5) is 9.93. The largest absolute Gasteiger partial charge is 0.389 e. The molecule has 0 spiro atoms. The molecule has 3 N–H and O–H groups in total. The van der Waals surface area contributed by atoms with Crippen molar-refractivity contribution in [2.24, 2.45) is 0 Å². The minimum atomic E-state index is -1.54. The van der Waals surface area contributed by atoms with E-state index in [-0.39, 0.29) is 6.29 Å². The zero-order chi connectivity index (χ0) is 9.02. The van der Waals surface area contributed by atoms with E-state index >= 15 is 0 Å². The van der Waals surface area contributed by atoms with Gasteiger partial charge in [0.05, 0.1) is 6.10 Å². The van der Waals surface area contributed by atoms with Crippen LogP contribution in [0.15, 0.2) is 0 Å². The zero-order valence-corrected chi connectivity index (χ0v) is 6.98. The van der Waals surface area contributed by atoms with Crippen molar-refractivity contribution in [1.82, 2.24) is 0 Å². The monoisotopic (exact) mass is 180 g/mol. The summed E-state index contributed by atoms with van der Waals surface area (Å²) in [5.74, 6) is 0. The SMILES string of the molecule is C[C@H](S)[C@@H](O)[C@@H](O)[C@H](O)C=O. The smallest absolute Gasteiger partial charge is 0.151 e. The van der Waals surface area contributed by atoms with Crippen molar-refractivity contribution in [1.29, 1.82) is 0 Å². The number of carbonyl (C=O) groups excluding carboxylic acids is 1. The molecule has 0 heterocycles. The van der Waals surface area contributed by atoms with E-state index in [2.05, 4.69) is 12.6 Å². The van der Waals surface area contributed by atoms with Gasteiger partial charge in [0.2, 0.25) is 0 Å². The Kier molecular flexibility index (Phi) is 4.67. The molecule has 0 amide bonds. The van der Waals surface area contributed by atoms with Crippen molar-refractivity contribution in [2.45, 2.75) is 30.5 Å². The number of aliphatic hydroxyl groups is 3. The summed E-state index contributed by atoms with van der Waals surface area (Å²) < 4.78 is 0. The maximum Gasteiger partial charge on any atom is 0.151 e. The van der Waals surface area contributed by atoms with Gasteiger partial charge in [0.15, 0.2) is 6.29 Å². The van der Waals surface area contributed by atoms with Gasteiger partial charge in [0, 0.05) is 5.25 Å². The van der Waals surface area contributed by atoms with Gasteiger partial charge in [-0.15, -0.1) is 0 Å². The highest BCUT2D eigenvalue weighted by Gasteiger charge is 2.26. The molecule has 0 aromatic heterocycles. The number of rotatable bonds is 4. The Morgan fingerprint density at radius 3 is 2.00 bits per heavy atom. The van der Waals surface area contributed by atoms with E-state index in [1.165, 1.54) is 0 Å². The maximum absolute atomic E-state index is 9.93. The van der Waals surface area contributed by atoms with Crippen LogP contribution in [0.5, 0.6) is 0 Å². The van der Waals surface area contributed by atoms with Crippen LogP contribution in [-0.4, -0.2) is 45.2 Å². The maximum atomic E-state index is 9.93. The van der Waals surface area contributed by atoms with Crippen molar-refractivity contribution in [2.75, 3.05) is 0 Å². The summed E-state index contributed by atoms with van der Waals surface area (Å²) in [6, 6.07) is 0. The molecule has 0 aliphatic carbocycles. The first-order valence-electron chi connectivity index (χ1n) is 3.18. The van der Waals surface area contributed by atoms with Crippen molar-refractivity contribution < 1.29 is 20.1 Å². The molecular formula is C6H12O4S. The van der Waals surface area contributed by atoms with Gasteiger partial charge in [-0.1, -0.05) is 6.92 Å². The van der Waals surface area contributed by atoms with Crippen LogP contribution in [0.2, 0.25) is 0 Å². The molecule has 4 nitrogen and oxygen atoms in total.